The quantitative estimate of drug-likeness (QED) is 0.357. The minimum absolute atomic E-state index is 0.0107. The van der Waals surface area contributed by atoms with Crippen LogP contribution in [0.25, 0.3) is 0 Å². The Hall–Kier alpha value is -2.73. The molecule has 0 spiro atoms. The van der Waals surface area contributed by atoms with Crippen molar-refractivity contribution in [3.8, 4) is 11.5 Å². The van der Waals surface area contributed by atoms with Gasteiger partial charge >= 0.3 is 0 Å². The van der Waals surface area contributed by atoms with Gasteiger partial charge in [-0.1, -0.05) is 0 Å². The molecule has 3 rings (SSSR count). The van der Waals surface area contributed by atoms with Gasteiger partial charge in [0.15, 0.2) is 5.78 Å². The standard InChI is InChI=1S/C14H12N2O4/c15-5-1-3-7(17)11-9(5)13(19)10-6(16)2-4-8(18)12(10)14(11)20/h1-4,14,17-18,20H,15-16H2. The Morgan fingerprint density at radius 1 is 0.850 bits per heavy atom. The van der Waals surface area contributed by atoms with Gasteiger partial charge in [-0.3, -0.25) is 4.79 Å². The molecule has 6 heteroatoms. The maximum absolute atomic E-state index is 12.5. The molecule has 102 valence electrons. The number of nitrogens with two attached hydrogens (primary N) is 2. The SMILES string of the molecule is Nc1ccc(O)c2c1C(=O)c1c(N)ccc(O)c1C2O. The zero-order chi connectivity index (χ0) is 14.6. The number of fused-ring (bicyclic) bond motifs is 2. The van der Waals surface area contributed by atoms with Gasteiger partial charge in [-0.05, 0) is 24.3 Å². The van der Waals surface area contributed by atoms with Gasteiger partial charge < -0.3 is 26.8 Å². The van der Waals surface area contributed by atoms with E-state index >= 15 is 0 Å². The fourth-order valence-corrected chi connectivity index (χ4v) is 2.58. The molecule has 2 aromatic rings. The molecule has 6 nitrogen and oxygen atoms in total. The fourth-order valence-electron chi connectivity index (χ4n) is 2.58. The minimum atomic E-state index is -1.37. The number of anilines is 2. The highest BCUT2D eigenvalue weighted by Crippen LogP contribution is 2.46. The summed E-state index contributed by atoms with van der Waals surface area (Å²) in [5.74, 6) is -1.05. The molecule has 0 saturated carbocycles. The predicted octanol–water partition coefficient (Wildman–Crippen LogP) is 0.888. The van der Waals surface area contributed by atoms with Crippen LogP contribution in [0, 0.1) is 0 Å². The number of benzene rings is 2. The number of rotatable bonds is 0. The minimum Gasteiger partial charge on any atom is -0.508 e. The molecule has 0 bridgehead atoms. The van der Waals surface area contributed by atoms with E-state index in [1.54, 1.807) is 0 Å². The van der Waals surface area contributed by atoms with Crippen molar-refractivity contribution in [2.45, 2.75) is 6.10 Å². The Morgan fingerprint density at radius 2 is 1.25 bits per heavy atom. The third-order valence-corrected chi connectivity index (χ3v) is 3.51. The summed E-state index contributed by atoms with van der Waals surface area (Å²) >= 11 is 0. The van der Waals surface area contributed by atoms with Gasteiger partial charge in [0.25, 0.3) is 0 Å². The topological polar surface area (TPSA) is 130 Å². The molecule has 0 fully saturated rings. The van der Waals surface area contributed by atoms with Crippen LogP contribution in [0.1, 0.15) is 33.2 Å². The van der Waals surface area contributed by atoms with Crippen molar-refractivity contribution < 1.29 is 20.1 Å². The van der Waals surface area contributed by atoms with E-state index in [4.69, 9.17) is 11.5 Å². The van der Waals surface area contributed by atoms with Crippen LogP contribution in [0.4, 0.5) is 11.4 Å². The van der Waals surface area contributed by atoms with Crippen molar-refractivity contribution in [3.05, 3.63) is 46.5 Å². The molecule has 1 aliphatic carbocycles. The van der Waals surface area contributed by atoms with Crippen LogP contribution >= 0.6 is 0 Å². The average Bonchev–Trinajstić information content (AvgIpc) is 2.41. The van der Waals surface area contributed by atoms with Crippen LogP contribution in [-0.2, 0) is 0 Å². The number of aromatic hydroxyl groups is 2. The van der Waals surface area contributed by atoms with Gasteiger partial charge in [0.05, 0.1) is 11.1 Å². The van der Waals surface area contributed by atoms with E-state index in [2.05, 4.69) is 0 Å². The van der Waals surface area contributed by atoms with Crippen LogP contribution in [0.3, 0.4) is 0 Å². The lowest BCUT2D eigenvalue weighted by atomic mass is 9.80. The van der Waals surface area contributed by atoms with Gasteiger partial charge in [0.2, 0.25) is 0 Å². The molecule has 2 aromatic carbocycles. The molecule has 0 unspecified atom stereocenters. The Kier molecular flexibility index (Phi) is 2.39. The Bertz CT molecular complexity index is 694. The number of aliphatic hydroxyl groups excluding tert-OH is 1. The maximum atomic E-state index is 12.5. The number of carbonyl (C=O) groups excluding carboxylic acids is 1. The first-order valence-electron chi connectivity index (χ1n) is 5.89. The van der Waals surface area contributed by atoms with Gasteiger partial charge in [-0.2, -0.15) is 0 Å². The van der Waals surface area contributed by atoms with Crippen LogP contribution in [0.5, 0.6) is 11.5 Å². The van der Waals surface area contributed by atoms with Crippen LogP contribution in [0.2, 0.25) is 0 Å². The lowest BCUT2D eigenvalue weighted by Gasteiger charge is -2.27. The Labute approximate surface area is 113 Å². The number of phenolic OH excluding ortho intramolecular Hbond substituents is 2. The second-order valence-corrected chi connectivity index (χ2v) is 4.66. The number of carbonyl (C=O) groups is 1. The molecule has 0 heterocycles. The van der Waals surface area contributed by atoms with E-state index in [1.165, 1.54) is 24.3 Å². The second-order valence-electron chi connectivity index (χ2n) is 4.66. The summed E-state index contributed by atoms with van der Waals surface area (Å²) in [4.78, 5) is 12.5. The molecule has 0 aromatic heterocycles. The predicted molar refractivity (Wildman–Crippen MR) is 72.5 cm³/mol. The molecule has 1 aliphatic rings. The smallest absolute Gasteiger partial charge is 0.198 e. The lowest BCUT2D eigenvalue weighted by molar-refractivity contribution is 0.101. The Balaban J connectivity index is 2.43. The summed E-state index contributed by atoms with van der Waals surface area (Å²) in [6.07, 6.45) is -1.37. The van der Waals surface area contributed by atoms with Crippen LogP contribution in [-0.4, -0.2) is 21.1 Å². The van der Waals surface area contributed by atoms with Crippen LogP contribution in [0.15, 0.2) is 24.3 Å². The molecule has 0 aliphatic heterocycles. The monoisotopic (exact) mass is 272 g/mol. The summed E-state index contributed by atoms with van der Waals surface area (Å²) in [7, 11) is 0. The van der Waals surface area contributed by atoms with E-state index in [0.29, 0.717) is 0 Å². The summed E-state index contributed by atoms with van der Waals surface area (Å²) in [5.41, 5.74) is 11.8. The van der Waals surface area contributed by atoms with Gasteiger partial charge in [0.1, 0.15) is 17.6 Å². The number of phenols is 2. The molecule has 0 amide bonds. The second kappa shape index (κ2) is 3.88. The molecule has 0 radical (unpaired) electrons. The fraction of sp³-hybridized carbons (Fsp3) is 0.0714. The van der Waals surface area contributed by atoms with Crippen LogP contribution < -0.4 is 11.5 Å². The van der Waals surface area contributed by atoms with Gasteiger partial charge in [-0.15, -0.1) is 0 Å². The van der Waals surface area contributed by atoms with E-state index in [-0.39, 0.29) is 45.1 Å². The highest BCUT2D eigenvalue weighted by molar-refractivity contribution is 6.18. The Morgan fingerprint density at radius 3 is 1.65 bits per heavy atom. The van der Waals surface area contributed by atoms with Crippen molar-refractivity contribution in [3.63, 3.8) is 0 Å². The van der Waals surface area contributed by atoms with E-state index in [9.17, 15) is 20.1 Å². The zero-order valence-electron chi connectivity index (χ0n) is 10.3. The molecule has 0 atom stereocenters. The first-order chi connectivity index (χ1) is 9.43. The van der Waals surface area contributed by atoms with Crippen molar-refractivity contribution in [2.24, 2.45) is 0 Å². The van der Waals surface area contributed by atoms with Crippen molar-refractivity contribution >= 4 is 17.2 Å². The normalized spacial score (nSPS) is 13.9. The van der Waals surface area contributed by atoms with Gasteiger partial charge in [0, 0.05) is 22.5 Å². The molecule has 0 saturated heterocycles. The number of aliphatic hydroxyl groups is 1. The maximum Gasteiger partial charge on any atom is 0.198 e. The van der Waals surface area contributed by atoms with E-state index < -0.39 is 11.9 Å². The zero-order valence-corrected chi connectivity index (χ0v) is 10.3. The van der Waals surface area contributed by atoms with Crippen molar-refractivity contribution in [1.29, 1.82) is 0 Å². The van der Waals surface area contributed by atoms with Crippen molar-refractivity contribution in [2.75, 3.05) is 11.5 Å². The third kappa shape index (κ3) is 1.39. The lowest BCUT2D eigenvalue weighted by Crippen LogP contribution is -2.22. The molecular weight excluding hydrogens is 260 g/mol. The number of hydrogen-bond donors (Lipinski definition) is 5. The van der Waals surface area contributed by atoms with Gasteiger partial charge in [-0.25, -0.2) is 0 Å². The highest BCUT2D eigenvalue weighted by atomic mass is 16.3. The number of nitrogen functional groups attached to an aromatic ring is 2. The molecular formula is C14H12N2O4. The first kappa shape index (κ1) is 12.3. The van der Waals surface area contributed by atoms with E-state index in [1.807, 2.05) is 0 Å². The number of ketones is 1. The summed E-state index contributed by atoms with van der Waals surface area (Å²) in [6.45, 7) is 0. The molecule has 7 N–H and O–H groups in total. The third-order valence-electron chi connectivity index (χ3n) is 3.51. The summed E-state index contributed by atoms with van der Waals surface area (Å²) < 4.78 is 0. The van der Waals surface area contributed by atoms with Crippen molar-refractivity contribution in [1.82, 2.24) is 0 Å². The number of hydrogen-bond acceptors (Lipinski definition) is 6. The average molecular weight is 272 g/mol. The van der Waals surface area contributed by atoms with E-state index in [0.717, 1.165) is 0 Å². The molecule has 20 heavy (non-hydrogen) atoms. The highest BCUT2D eigenvalue weighted by Gasteiger charge is 2.37. The largest absolute Gasteiger partial charge is 0.508 e. The first-order valence-corrected chi connectivity index (χ1v) is 5.89. The summed E-state index contributed by atoms with van der Waals surface area (Å²) in [6, 6.07) is 5.34. The summed E-state index contributed by atoms with van der Waals surface area (Å²) in [5, 5.41) is 30.1.